The summed E-state index contributed by atoms with van der Waals surface area (Å²) in [6.45, 7) is 6.78. The first kappa shape index (κ1) is 25.6. The molecule has 1 unspecified atom stereocenters. The van der Waals surface area contributed by atoms with Crippen molar-refractivity contribution in [1.29, 1.82) is 0 Å². The zero-order valence-electron chi connectivity index (χ0n) is 17.6. The van der Waals surface area contributed by atoms with Crippen LogP contribution in [0.5, 0.6) is 0 Å². The monoisotopic (exact) mass is 443 g/mol. The van der Waals surface area contributed by atoms with Gasteiger partial charge in [-0.25, -0.2) is 4.57 Å². The van der Waals surface area contributed by atoms with Gasteiger partial charge in [-0.1, -0.05) is 5.11 Å². The molecule has 0 aromatic heterocycles. The molecule has 2 rings (SSSR count). The fraction of sp³-hybridized carbons (Fsp3) is 1.00. The van der Waals surface area contributed by atoms with Gasteiger partial charge in [-0.3, -0.25) is 9.05 Å². The van der Waals surface area contributed by atoms with Gasteiger partial charge in [0.05, 0.1) is 31.5 Å². The van der Waals surface area contributed by atoms with Crippen LogP contribution < -0.4 is 0 Å². The summed E-state index contributed by atoms with van der Waals surface area (Å²) in [5.74, 6) is 0. The highest BCUT2D eigenvalue weighted by Gasteiger charge is 2.51. The average molecular weight is 443 g/mol. The van der Waals surface area contributed by atoms with Crippen molar-refractivity contribution in [3.63, 3.8) is 0 Å². The van der Waals surface area contributed by atoms with E-state index in [1.54, 1.807) is 13.8 Å². The zero-order chi connectivity index (χ0) is 22.5. The highest BCUT2D eigenvalue weighted by Crippen LogP contribution is 2.50. The van der Waals surface area contributed by atoms with Gasteiger partial charge in [-0.05, 0) is 46.1 Å². The van der Waals surface area contributed by atoms with Gasteiger partial charge in [-0.2, -0.15) is 0 Å². The first-order valence-corrected chi connectivity index (χ1v) is 11.3. The molecular formula is C16H28B2N3O8P. The van der Waals surface area contributed by atoms with Gasteiger partial charge >= 0.3 is 7.82 Å². The van der Waals surface area contributed by atoms with Crippen molar-refractivity contribution in [3.8, 4) is 0 Å². The van der Waals surface area contributed by atoms with E-state index in [-0.39, 0.29) is 37.9 Å². The summed E-state index contributed by atoms with van der Waals surface area (Å²) in [6.07, 6.45) is -2.04. The molecule has 0 bridgehead atoms. The molecule has 2 saturated heterocycles. The van der Waals surface area contributed by atoms with Crippen LogP contribution in [0.1, 0.15) is 40.5 Å². The Morgan fingerprint density at radius 3 is 2.57 bits per heavy atom. The SMILES string of the molecule is [B][C@H]1C[C@@H](OC(C)C)[C@@H](COP(=O)(O)O[C@@H]2C[C@H]([B])O[C@@]2(COC(C)C)N=[N+]=[N-])O1. The number of nitrogens with zero attached hydrogens (tertiary/aromatic N) is 3. The van der Waals surface area contributed by atoms with Crippen LogP contribution in [0.3, 0.4) is 0 Å². The lowest BCUT2D eigenvalue weighted by Crippen LogP contribution is -2.43. The van der Waals surface area contributed by atoms with Crippen molar-refractivity contribution in [2.75, 3.05) is 13.2 Å². The van der Waals surface area contributed by atoms with E-state index in [1.165, 1.54) is 0 Å². The van der Waals surface area contributed by atoms with Gasteiger partial charge < -0.3 is 23.8 Å². The van der Waals surface area contributed by atoms with E-state index in [0.29, 0.717) is 6.42 Å². The molecule has 166 valence electrons. The predicted molar refractivity (Wildman–Crippen MR) is 108 cm³/mol. The summed E-state index contributed by atoms with van der Waals surface area (Å²) in [6, 6.07) is -1.44. The van der Waals surface area contributed by atoms with Gasteiger partial charge in [-0.15, -0.1) is 0 Å². The van der Waals surface area contributed by atoms with Crippen molar-refractivity contribution in [2.45, 2.75) is 88.8 Å². The lowest BCUT2D eigenvalue weighted by Gasteiger charge is -2.31. The molecule has 7 atom stereocenters. The molecule has 0 aromatic carbocycles. The van der Waals surface area contributed by atoms with Crippen molar-refractivity contribution >= 4 is 23.5 Å². The first-order chi connectivity index (χ1) is 14.0. The third kappa shape index (κ3) is 7.22. The van der Waals surface area contributed by atoms with Crippen molar-refractivity contribution < 1.29 is 37.5 Å². The van der Waals surface area contributed by atoms with Crippen LogP contribution in [0, 0.1) is 0 Å². The first-order valence-electron chi connectivity index (χ1n) is 9.80. The number of rotatable bonds is 11. The molecule has 0 saturated carbocycles. The molecule has 0 aliphatic carbocycles. The van der Waals surface area contributed by atoms with Crippen LogP contribution in [0.15, 0.2) is 5.11 Å². The van der Waals surface area contributed by atoms with Crippen LogP contribution in [0.25, 0.3) is 10.4 Å². The van der Waals surface area contributed by atoms with E-state index >= 15 is 0 Å². The van der Waals surface area contributed by atoms with E-state index < -0.39 is 37.8 Å². The minimum atomic E-state index is -4.60. The summed E-state index contributed by atoms with van der Waals surface area (Å²) in [5.41, 5.74) is 7.25. The molecule has 30 heavy (non-hydrogen) atoms. The Morgan fingerprint density at radius 1 is 1.27 bits per heavy atom. The Morgan fingerprint density at radius 2 is 1.97 bits per heavy atom. The standard InChI is InChI=1S/C16H28B2N3O8P/c1-9(2)24-8-16(20-21-19)13(6-15(18)28-16)29-30(22,23)25-7-12-11(26-10(3)4)5-14(17)27-12/h9-15H,5-8H2,1-4H3,(H,22,23)/t11-,12-,13-,14-,15-,16-/m1/s1. The summed E-state index contributed by atoms with van der Waals surface area (Å²) in [5, 5.41) is 3.61. The van der Waals surface area contributed by atoms with E-state index in [9.17, 15) is 9.46 Å². The summed E-state index contributed by atoms with van der Waals surface area (Å²) in [4.78, 5) is 13.0. The molecule has 2 heterocycles. The second-order valence-electron chi connectivity index (χ2n) is 7.82. The number of azide groups is 1. The van der Waals surface area contributed by atoms with Crippen LogP contribution in [-0.2, 0) is 32.6 Å². The predicted octanol–water partition coefficient (Wildman–Crippen LogP) is 1.91. The minimum Gasteiger partial charge on any atom is -0.380 e. The number of phosphoric acid groups is 1. The molecule has 0 aromatic rings. The molecule has 0 spiro atoms. The van der Waals surface area contributed by atoms with E-state index in [2.05, 4.69) is 10.0 Å². The Hall–Kier alpha value is -0.610. The van der Waals surface area contributed by atoms with Crippen LogP contribution in [0.2, 0.25) is 0 Å². The average Bonchev–Trinajstić information content (AvgIpc) is 3.10. The smallest absolute Gasteiger partial charge is 0.380 e. The van der Waals surface area contributed by atoms with Gasteiger partial charge in [0.1, 0.15) is 27.9 Å². The topological polar surface area (TPSA) is 141 Å². The highest BCUT2D eigenvalue weighted by atomic mass is 31.2. The van der Waals surface area contributed by atoms with Gasteiger partial charge in [0, 0.05) is 16.9 Å². The molecule has 11 nitrogen and oxygen atoms in total. The molecule has 2 aliphatic heterocycles. The fourth-order valence-corrected chi connectivity index (χ4v) is 4.23. The van der Waals surface area contributed by atoms with Gasteiger partial charge in [0.15, 0.2) is 5.72 Å². The summed E-state index contributed by atoms with van der Waals surface area (Å²) < 4.78 is 45.2. The zero-order valence-corrected chi connectivity index (χ0v) is 18.5. The van der Waals surface area contributed by atoms with Crippen LogP contribution in [0.4, 0.5) is 0 Å². The minimum absolute atomic E-state index is 0.00171. The van der Waals surface area contributed by atoms with E-state index in [1.807, 2.05) is 13.8 Å². The third-order valence-electron chi connectivity index (χ3n) is 4.48. The third-order valence-corrected chi connectivity index (χ3v) is 5.48. The molecule has 2 aliphatic rings. The van der Waals surface area contributed by atoms with Crippen molar-refractivity contribution in [3.05, 3.63) is 10.4 Å². The maximum Gasteiger partial charge on any atom is 0.472 e. The maximum absolute atomic E-state index is 12.6. The fourth-order valence-electron chi connectivity index (χ4n) is 3.26. The molecule has 0 amide bonds. The number of phosphoric ester groups is 1. The molecular weight excluding hydrogens is 415 g/mol. The van der Waals surface area contributed by atoms with E-state index in [4.69, 9.17) is 49.2 Å². The Balaban J connectivity index is 2.04. The lowest BCUT2D eigenvalue weighted by atomic mass is 9.95. The normalized spacial score (nSPS) is 36.2. The molecule has 14 heteroatoms. The summed E-state index contributed by atoms with van der Waals surface area (Å²) >= 11 is 0. The Kier molecular flexibility index (Phi) is 9.24. The lowest BCUT2D eigenvalue weighted by molar-refractivity contribution is -0.119. The maximum atomic E-state index is 12.6. The van der Waals surface area contributed by atoms with Gasteiger partial charge in [0.2, 0.25) is 0 Å². The quantitative estimate of drug-likeness (QED) is 0.168. The van der Waals surface area contributed by atoms with Crippen molar-refractivity contribution in [1.82, 2.24) is 0 Å². The molecule has 1 N–H and O–H groups in total. The highest BCUT2D eigenvalue weighted by molar-refractivity contribution is 7.47. The Bertz CT molecular complexity index is 668. The second kappa shape index (κ2) is 10.8. The number of ether oxygens (including phenoxy) is 4. The second-order valence-corrected chi connectivity index (χ2v) is 9.22. The van der Waals surface area contributed by atoms with Crippen molar-refractivity contribution in [2.24, 2.45) is 5.11 Å². The number of hydrogen-bond donors (Lipinski definition) is 1. The molecule has 2 fully saturated rings. The number of hydrogen-bond acceptors (Lipinski definition) is 8. The largest absolute Gasteiger partial charge is 0.472 e. The Labute approximate surface area is 179 Å². The van der Waals surface area contributed by atoms with Crippen LogP contribution >= 0.6 is 7.82 Å². The molecule has 4 radical (unpaired) electrons. The summed E-state index contributed by atoms with van der Waals surface area (Å²) in [7, 11) is 7.00. The van der Waals surface area contributed by atoms with Gasteiger partial charge in [0.25, 0.3) is 0 Å². The van der Waals surface area contributed by atoms with Crippen LogP contribution in [-0.4, -0.2) is 82.1 Å². The van der Waals surface area contributed by atoms with E-state index in [0.717, 1.165) is 0 Å².